The highest BCUT2D eigenvalue weighted by atomic mass is 79.9. The van der Waals surface area contributed by atoms with Gasteiger partial charge in [0, 0.05) is 39.2 Å². The Morgan fingerprint density at radius 1 is 1.03 bits per heavy atom. The molecule has 2 heterocycles. The highest BCUT2D eigenvalue weighted by Gasteiger charge is 2.50. The molecule has 6 heteroatoms. The lowest BCUT2D eigenvalue weighted by Crippen LogP contribution is -2.42. The Balaban J connectivity index is 1.43. The second-order valence-electron chi connectivity index (χ2n) is 8.05. The molecule has 0 aliphatic carbocycles. The van der Waals surface area contributed by atoms with Crippen molar-refractivity contribution in [2.45, 2.75) is 18.4 Å². The van der Waals surface area contributed by atoms with E-state index < -0.39 is 11.5 Å². The summed E-state index contributed by atoms with van der Waals surface area (Å²) in [6.07, 6.45) is 2.28. The Bertz CT molecular complexity index is 1350. The topological polar surface area (TPSA) is 73.4 Å². The van der Waals surface area contributed by atoms with Crippen LogP contribution in [0.3, 0.4) is 0 Å². The number of benzene rings is 3. The first-order valence-corrected chi connectivity index (χ1v) is 11.2. The number of aromatic nitrogens is 1. The normalized spacial score (nSPS) is 17.7. The molecule has 0 saturated carbocycles. The van der Waals surface area contributed by atoms with Crippen molar-refractivity contribution in [3.63, 3.8) is 0 Å². The van der Waals surface area contributed by atoms with Crippen molar-refractivity contribution in [2.75, 3.05) is 11.4 Å². The predicted molar refractivity (Wildman–Crippen MR) is 128 cm³/mol. The lowest BCUT2D eigenvalue weighted by atomic mass is 9.88. The number of hydrogen-bond acceptors (Lipinski definition) is 3. The summed E-state index contributed by atoms with van der Waals surface area (Å²) in [5.41, 5.74) is 1.86. The number of fused-ring (bicyclic) bond motifs is 2. The molecule has 1 amide bonds. The van der Waals surface area contributed by atoms with E-state index in [-0.39, 0.29) is 12.2 Å². The summed E-state index contributed by atoms with van der Waals surface area (Å²) >= 11 is 3.37. The van der Waals surface area contributed by atoms with Gasteiger partial charge < -0.3 is 15.0 Å². The van der Waals surface area contributed by atoms with Crippen molar-refractivity contribution in [3.8, 4) is 0 Å². The van der Waals surface area contributed by atoms with Gasteiger partial charge in [-0.1, -0.05) is 64.5 Å². The molecule has 2 N–H and O–H groups in total. The summed E-state index contributed by atoms with van der Waals surface area (Å²) in [5.74, 6) is -0.739. The molecule has 0 fully saturated rings. The van der Waals surface area contributed by atoms with Gasteiger partial charge in [0.1, 0.15) is 0 Å². The van der Waals surface area contributed by atoms with Gasteiger partial charge in [-0.3, -0.25) is 9.59 Å². The molecule has 1 aromatic heterocycles. The van der Waals surface area contributed by atoms with Crippen LogP contribution in [0.2, 0.25) is 0 Å². The van der Waals surface area contributed by atoms with Crippen molar-refractivity contribution in [1.29, 1.82) is 0 Å². The van der Waals surface area contributed by atoms with Gasteiger partial charge in [-0.25, -0.2) is 0 Å². The number of halogens is 1. The predicted octanol–water partition coefficient (Wildman–Crippen LogP) is 4.98. The molecule has 0 bridgehead atoms. The van der Waals surface area contributed by atoms with Crippen LogP contribution in [0.5, 0.6) is 0 Å². The molecule has 0 saturated heterocycles. The van der Waals surface area contributed by atoms with Crippen molar-refractivity contribution in [1.82, 2.24) is 4.98 Å². The molecule has 1 atom stereocenters. The van der Waals surface area contributed by atoms with E-state index in [0.29, 0.717) is 29.8 Å². The maximum absolute atomic E-state index is 13.4. The lowest BCUT2D eigenvalue weighted by Gasteiger charge is -2.23. The molecule has 1 unspecified atom stereocenters. The smallest absolute Gasteiger partial charge is 0.264 e. The number of hydrogen-bond donors (Lipinski definition) is 2. The van der Waals surface area contributed by atoms with Crippen LogP contribution in [0, 0.1) is 0 Å². The van der Waals surface area contributed by atoms with Crippen molar-refractivity contribution >= 4 is 44.2 Å². The molecule has 3 aromatic carbocycles. The maximum Gasteiger partial charge on any atom is 0.264 e. The van der Waals surface area contributed by atoms with Crippen LogP contribution in [-0.4, -0.2) is 28.3 Å². The van der Waals surface area contributed by atoms with Crippen LogP contribution < -0.4 is 4.90 Å². The third kappa shape index (κ3) is 3.45. The summed E-state index contributed by atoms with van der Waals surface area (Å²) in [4.78, 5) is 31.3. The molecule has 5 rings (SSSR count). The molecule has 5 nitrogen and oxygen atoms in total. The third-order valence-electron chi connectivity index (χ3n) is 6.08. The molecule has 0 spiro atoms. The number of rotatable bonds is 6. The minimum atomic E-state index is -1.88. The molecule has 1 aliphatic heterocycles. The minimum Gasteiger partial charge on any atom is -0.375 e. The van der Waals surface area contributed by atoms with Gasteiger partial charge in [-0.05, 0) is 36.2 Å². The number of aliphatic hydroxyl groups is 1. The molecule has 0 radical (unpaired) electrons. The van der Waals surface area contributed by atoms with Gasteiger partial charge in [0.2, 0.25) is 0 Å². The first kappa shape index (κ1) is 20.7. The van der Waals surface area contributed by atoms with Gasteiger partial charge in [0.15, 0.2) is 11.4 Å². The second-order valence-corrected chi connectivity index (χ2v) is 8.97. The summed E-state index contributed by atoms with van der Waals surface area (Å²) in [6.45, 7) is 0.408. The fraction of sp³-hybridized carbons (Fsp3) is 0.154. The summed E-state index contributed by atoms with van der Waals surface area (Å²) in [6, 6.07) is 22.2. The molecule has 160 valence electrons. The fourth-order valence-corrected chi connectivity index (χ4v) is 4.87. The first-order chi connectivity index (χ1) is 15.5. The van der Waals surface area contributed by atoms with E-state index in [2.05, 4.69) is 20.9 Å². The van der Waals surface area contributed by atoms with Gasteiger partial charge in [0.25, 0.3) is 5.91 Å². The molecule has 32 heavy (non-hydrogen) atoms. The molecule has 1 aliphatic rings. The van der Waals surface area contributed by atoms with E-state index in [4.69, 9.17) is 0 Å². The molecular formula is C26H21BrN2O3. The fourth-order valence-electron chi connectivity index (χ4n) is 4.47. The standard InChI is InChI=1S/C26H21BrN2O3/c27-19-7-5-6-17(14-19)24(30)15-26(32)21-9-2-4-11-23(21)29(25(26)31)13-12-18-16-28-22-10-3-1-8-20(18)22/h1-11,14,16,28,32H,12-13,15H2. The van der Waals surface area contributed by atoms with Gasteiger partial charge in [-0.15, -0.1) is 0 Å². The lowest BCUT2D eigenvalue weighted by molar-refractivity contribution is -0.135. The van der Waals surface area contributed by atoms with Crippen molar-refractivity contribution in [2.24, 2.45) is 0 Å². The number of amides is 1. The van der Waals surface area contributed by atoms with Crippen LogP contribution in [0.25, 0.3) is 10.9 Å². The number of para-hydroxylation sites is 2. The van der Waals surface area contributed by atoms with Gasteiger partial charge in [-0.2, -0.15) is 0 Å². The highest BCUT2D eigenvalue weighted by molar-refractivity contribution is 9.10. The van der Waals surface area contributed by atoms with Crippen LogP contribution in [0.1, 0.15) is 27.9 Å². The van der Waals surface area contributed by atoms with Gasteiger partial charge in [0.05, 0.1) is 12.1 Å². The average Bonchev–Trinajstić information content (AvgIpc) is 3.30. The zero-order valence-corrected chi connectivity index (χ0v) is 18.8. The van der Waals surface area contributed by atoms with Crippen LogP contribution in [0.4, 0.5) is 5.69 Å². The number of nitrogens with one attached hydrogen (secondary N) is 1. The number of H-pyrrole nitrogens is 1. The molecular weight excluding hydrogens is 468 g/mol. The Kier molecular flexibility index (Phi) is 5.19. The third-order valence-corrected chi connectivity index (χ3v) is 6.58. The minimum absolute atomic E-state index is 0.282. The quantitative estimate of drug-likeness (QED) is 0.376. The van der Waals surface area contributed by atoms with Gasteiger partial charge >= 0.3 is 0 Å². The zero-order chi connectivity index (χ0) is 22.3. The maximum atomic E-state index is 13.4. The van der Waals surface area contributed by atoms with Crippen LogP contribution in [-0.2, 0) is 16.8 Å². The van der Waals surface area contributed by atoms with E-state index in [1.807, 2.05) is 48.7 Å². The van der Waals surface area contributed by atoms with E-state index in [1.54, 1.807) is 35.2 Å². The number of nitrogens with zero attached hydrogens (tertiary/aromatic N) is 1. The monoisotopic (exact) mass is 488 g/mol. The first-order valence-electron chi connectivity index (χ1n) is 10.4. The average molecular weight is 489 g/mol. The summed E-state index contributed by atoms with van der Waals surface area (Å²) in [7, 11) is 0. The summed E-state index contributed by atoms with van der Waals surface area (Å²) in [5, 5.41) is 12.6. The zero-order valence-electron chi connectivity index (χ0n) is 17.2. The number of carbonyl (C=O) groups is 2. The number of Topliss-reactive ketones (excluding diaryl/α,β-unsaturated/α-hetero) is 1. The SMILES string of the molecule is O=C(CC1(O)C(=O)N(CCc2c[nH]c3ccccc23)c2ccccc21)c1cccc(Br)c1. The van der Waals surface area contributed by atoms with E-state index >= 15 is 0 Å². The number of carbonyl (C=O) groups excluding carboxylic acids is 2. The van der Waals surface area contributed by atoms with Crippen LogP contribution in [0.15, 0.2) is 83.5 Å². The van der Waals surface area contributed by atoms with Crippen molar-refractivity contribution in [3.05, 3.63) is 100 Å². The Morgan fingerprint density at radius 2 is 1.81 bits per heavy atom. The Morgan fingerprint density at radius 3 is 2.66 bits per heavy atom. The second kappa shape index (κ2) is 8.04. The Hall–Kier alpha value is -3.22. The highest BCUT2D eigenvalue weighted by Crippen LogP contribution is 2.43. The van der Waals surface area contributed by atoms with E-state index in [9.17, 15) is 14.7 Å². The van der Waals surface area contributed by atoms with E-state index in [1.165, 1.54) is 0 Å². The number of ketones is 1. The Labute approximate surface area is 193 Å². The molecule has 4 aromatic rings. The van der Waals surface area contributed by atoms with E-state index in [0.717, 1.165) is 20.9 Å². The van der Waals surface area contributed by atoms with Crippen LogP contribution >= 0.6 is 15.9 Å². The number of aromatic amines is 1. The summed E-state index contributed by atoms with van der Waals surface area (Å²) < 4.78 is 0.772. The largest absolute Gasteiger partial charge is 0.375 e. The van der Waals surface area contributed by atoms with Crippen molar-refractivity contribution < 1.29 is 14.7 Å². The number of anilines is 1.